The molecular formula is C8H14F. The van der Waals surface area contributed by atoms with Gasteiger partial charge in [-0.1, -0.05) is 19.1 Å². The van der Waals surface area contributed by atoms with Crippen molar-refractivity contribution >= 4 is 0 Å². The van der Waals surface area contributed by atoms with Crippen LogP contribution in [0.4, 0.5) is 4.39 Å². The van der Waals surface area contributed by atoms with Crippen molar-refractivity contribution in [1.29, 1.82) is 0 Å². The van der Waals surface area contributed by atoms with Gasteiger partial charge in [0, 0.05) is 0 Å². The molecule has 1 heteroatoms. The average molecular weight is 129 g/mol. The summed E-state index contributed by atoms with van der Waals surface area (Å²) in [6.07, 6.45) is 7.57. The maximum Gasteiger partial charge on any atom is 0.0897 e. The van der Waals surface area contributed by atoms with Gasteiger partial charge in [0.05, 0.1) is 6.67 Å². The van der Waals surface area contributed by atoms with E-state index in [0.717, 1.165) is 19.3 Å². The zero-order valence-corrected chi connectivity index (χ0v) is 5.78. The average Bonchev–Trinajstić information content (AvgIpc) is 1.89. The van der Waals surface area contributed by atoms with Crippen molar-refractivity contribution in [2.75, 3.05) is 6.67 Å². The van der Waals surface area contributed by atoms with Crippen molar-refractivity contribution in [2.45, 2.75) is 25.7 Å². The van der Waals surface area contributed by atoms with Crippen LogP contribution in [-0.2, 0) is 0 Å². The largest absolute Gasteiger partial charge is 0.251 e. The van der Waals surface area contributed by atoms with E-state index in [-0.39, 0.29) is 6.67 Å². The number of hydrogen-bond donors (Lipinski definition) is 0. The maximum absolute atomic E-state index is 11.5. The second kappa shape index (κ2) is 7.67. The van der Waals surface area contributed by atoms with Crippen LogP contribution in [-0.4, -0.2) is 6.67 Å². The van der Waals surface area contributed by atoms with Gasteiger partial charge in [-0.3, -0.25) is 4.39 Å². The van der Waals surface area contributed by atoms with Crippen molar-refractivity contribution < 1.29 is 4.39 Å². The molecule has 9 heavy (non-hydrogen) atoms. The molecule has 53 valence electrons. The van der Waals surface area contributed by atoms with Crippen LogP contribution in [0.1, 0.15) is 25.7 Å². The molecule has 0 aliphatic heterocycles. The van der Waals surface area contributed by atoms with Crippen LogP contribution in [0.25, 0.3) is 0 Å². The summed E-state index contributed by atoms with van der Waals surface area (Å²) in [5, 5.41) is 0. The Morgan fingerprint density at radius 1 is 1.22 bits per heavy atom. The number of unbranched alkanes of at least 4 members (excludes halogenated alkanes) is 2. The van der Waals surface area contributed by atoms with E-state index < -0.39 is 0 Å². The zero-order chi connectivity index (χ0) is 6.95. The lowest BCUT2D eigenvalue weighted by Gasteiger charge is -1.85. The minimum absolute atomic E-state index is 0.200. The standard InChI is InChI=1S/C8H14F/c1-2-3-4-5-6-7-8-9/h4-5H,1-3,6-8H2. The van der Waals surface area contributed by atoms with E-state index in [9.17, 15) is 4.39 Å². The van der Waals surface area contributed by atoms with Crippen LogP contribution < -0.4 is 0 Å². The lowest BCUT2D eigenvalue weighted by atomic mass is 10.2. The fourth-order valence-corrected chi connectivity index (χ4v) is 0.549. The summed E-state index contributed by atoms with van der Waals surface area (Å²) in [7, 11) is 0. The third-order valence-corrected chi connectivity index (χ3v) is 1.04. The number of alkyl halides is 1. The predicted octanol–water partition coefficient (Wildman–Crippen LogP) is 2.91. The first-order chi connectivity index (χ1) is 4.41. The van der Waals surface area contributed by atoms with Crippen LogP contribution in [0, 0.1) is 6.92 Å². The molecule has 0 saturated heterocycles. The van der Waals surface area contributed by atoms with Gasteiger partial charge in [0.1, 0.15) is 0 Å². The number of halogens is 1. The van der Waals surface area contributed by atoms with Crippen molar-refractivity contribution in [3.8, 4) is 0 Å². The summed E-state index contributed by atoms with van der Waals surface area (Å²) in [6.45, 7) is 3.48. The Bertz CT molecular complexity index is 67.0. The van der Waals surface area contributed by atoms with Gasteiger partial charge in [-0.2, -0.15) is 0 Å². The van der Waals surface area contributed by atoms with Crippen molar-refractivity contribution in [3.05, 3.63) is 19.1 Å². The Hall–Kier alpha value is -0.330. The van der Waals surface area contributed by atoms with Gasteiger partial charge in [0.25, 0.3) is 0 Å². The molecule has 0 spiro atoms. The van der Waals surface area contributed by atoms with E-state index in [1.807, 2.05) is 6.08 Å². The molecule has 0 unspecified atom stereocenters. The van der Waals surface area contributed by atoms with Crippen molar-refractivity contribution in [2.24, 2.45) is 0 Å². The first kappa shape index (κ1) is 8.67. The van der Waals surface area contributed by atoms with E-state index in [1.54, 1.807) is 0 Å². The monoisotopic (exact) mass is 129 g/mol. The van der Waals surface area contributed by atoms with Gasteiger partial charge in [0.2, 0.25) is 0 Å². The van der Waals surface area contributed by atoms with Gasteiger partial charge < -0.3 is 0 Å². The van der Waals surface area contributed by atoms with Gasteiger partial charge in [-0.05, 0) is 25.7 Å². The molecule has 0 saturated carbocycles. The summed E-state index contributed by atoms with van der Waals surface area (Å²) >= 11 is 0. The van der Waals surface area contributed by atoms with Crippen LogP contribution in [0.15, 0.2) is 12.2 Å². The number of rotatable bonds is 5. The minimum Gasteiger partial charge on any atom is -0.251 e. The highest BCUT2D eigenvalue weighted by molar-refractivity contribution is 4.81. The Labute approximate surface area is 56.8 Å². The highest BCUT2D eigenvalue weighted by Crippen LogP contribution is 1.94. The second-order valence-electron chi connectivity index (χ2n) is 1.94. The van der Waals surface area contributed by atoms with Gasteiger partial charge in [0.15, 0.2) is 0 Å². The van der Waals surface area contributed by atoms with Crippen molar-refractivity contribution in [3.63, 3.8) is 0 Å². The lowest BCUT2D eigenvalue weighted by Crippen LogP contribution is -1.71. The Morgan fingerprint density at radius 3 is 2.44 bits per heavy atom. The molecule has 0 aliphatic carbocycles. The Morgan fingerprint density at radius 2 is 1.89 bits per heavy atom. The summed E-state index contributed by atoms with van der Waals surface area (Å²) in [4.78, 5) is 0. The summed E-state index contributed by atoms with van der Waals surface area (Å²) < 4.78 is 11.5. The van der Waals surface area contributed by atoms with E-state index in [1.165, 1.54) is 0 Å². The molecule has 0 aromatic rings. The first-order valence-corrected chi connectivity index (χ1v) is 3.42. The molecule has 0 rings (SSSR count). The second-order valence-corrected chi connectivity index (χ2v) is 1.94. The normalized spacial score (nSPS) is 10.9. The smallest absolute Gasteiger partial charge is 0.0897 e. The third kappa shape index (κ3) is 7.67. The van der Waals surface area contributed by atoms with Crippen LogP contribution in [0.5, 0.6) is 0 Å². The fourth-order valence-electron chi connectivity index (χ4n) is 0.549. The molecule has 0 fully saturated rings. The molecule has 0 bridgehead atoms. The van der Waals surface area contributed by atoms with Gasteiger partial charge in [-0.25, -0.2) is 0 Å². The minimum atomic E-state index is -0.200. The third-order valence-electron chi connectivity index (χ3n) is 1.04. The van der Waals surface area contributed by atoms with Crippen LogP contribution in [0.2, 0.25) is 0 Å². The maximum atomic E-state index is 11.5. The fraction of sp³-hybridized carbons (Fsp3) is 0.625. The number of allylic oxidation sites excluding steroid dienone is 2. The summed E-state index contributed by atoms with van der Waals surface area (Å²) in [6, 6.07) is 0. The molecule has 0 aliphatic rings. The molecule has 0 aromatic carbocycles. The predicted molar refractivity (Wildman–Crippen MR) is 38.9 cm³/mol. The summed E-state index contributed by atoms with van der Waals surface area (Å²) in [5.41, 5.74) is 0. The molecule has 0 amide bonds. The van der Waals surface area contributed by atoms with E-state index in [4.69, 9.17) is 0 Å². The van der Waals surface area contributed by atoms with E-state index >= 15 is 0 Å². The highest BCUT2D eigenvalue weighted by atomic mass is 19.1. The van der Waals surface area contributed by atoms with Gasteiger partial charge in [-0.15, -0.1) is 0 Å². The lowest BCUT2D eigenvalue weighted by molar-refractivity contribution is 0.475. The SMILES string of the molecule is [CH2]CCC=CCCCF. The Kier molecular flexibility index (Phi) is 7.39. The molecule has 0 heterocycles. The molecule has 0 atom stereocenters. The van der Waals surface area contributed by atoms with Crippen LogP contribution >= 0.6 is 0 Å². The molecule has 0 nitrogen and oxygen atoms in total. The molecule has 0 aromatic heterocycles. The highest BCUT2D eigenvalue weighted by Gasteiger charge is 1.78. The number of hydrogen-bond acceptors (Lipinski definition) is 0. The molecule has 1 radical (unpaired) electrons. The van der Waals surface area contributed by atoms with Crippen molar-refractivity contribution in [1.82, 2.24) is 0 Å². The first-order valence-electron chi connectivity index (χ1n) is 3.42. The molecular weight excluding hydrogens is 115 g/mol. The zero-order valence-electron chi connectivity index (χ0n) is 5.78. The van der Waals surface area contributed by atoms with Gasteiger partial charge >= 0.3 is 0 Å². The molecule has 0 N–H and O–H groups in total. The quantitative estimate of drug-likeness (QED) is 0.395. The summed E-state index contributed by atoms with van der Waals surface area (Å²) in [5.74, 6) is 0. The van der Waals surface area contributed by atoms with Crippen LogP contribution in [0.3, 0.4) is 0 Å². The Balaban J connectivity index is 2.86. The van der Waals surface area contributed by atoms with E-state index in [2.05, 4.69) is 13.0 Å². The topological polar surface area (TPSA) is 0 Å². The van der Waals surface area contributed by atoms with E-state index in [0.29, 0.717) is 6.42 Å².